The van der Waals surface area contributed by atoms with Gasteiger partial charge in [0.2, 0.25) is 0 Å². The summed E-state index contributed by atoms with van der Waals surface area (Å²) < 4.78 is 5.99. The van der Waals surface area contributed by atoms with E-state index in [-0.39, 0.29) is 0 Å². The summed E-state index contributed by atoms with van der Waals surface area (Å²) in [5.74, 6) is -0.163. The Balaban J connectivity index is 2.82. The van der Waals surface area contributed by atoms with Gasteiger partial charge >= 0.3 is 5.97 Å². The summed E-state index contributed by atoms with van der Waals surface area (Å²) in [7, 11) is 1.57. The standard InChI is InChI=1S/C12H16BrNO3/c1-3-4-10(12(15)16)14-8-5-6-9(13)11(7-8)17-2/h5-7,10,14H,3-4H2,1-2H3,(H,15,16). The monoisotopic (exact) mass is 301 g/mol. The second-order valence-corrected chi connectivity index (χ2v) is 4.53. The van der Waals surface area contributed by atoms with Crippen molar-refractivity contribution in [2.75, 3.05) is 12.4 Å². The molecule has 0 radical (unpaired) electrons. The van der Waals surface area contributed by atoms with Crippen molar-refractivity contribution in [2.45, 2.75) is 25.8 Å². The van der Waals surface area contributed by atoms with Crippen LogP contribution < -0.4 is 10.1 Å². The van der Waals surface area contributed by atoms with Gasteiger partial charge in [-0.1, -0.05) is 13.3 Å². The number of rotatable bonds is 6. The molecular formula is C12H16BrNO3. The first-order valence-electron chi connectivity index (χ1n) is 5.41. The van der Waals surface area contributed by atoms with E-state index in [4.69, 9.17) is 9.84 Å². The molecule has 1 aromatic carbocycles. The maximum absolute atomic E-state index is 11.0. The minimum atomic E-state index is -0.839. The lowest BCUT2D eigenvalue weighted by Crippen LogP contribution is -2.28. The first kappa shape index (κ1) is 13.8. The van der Waals surface area contributed by atoms with Crippen LogP contribution in [0.15, 0.2) is 22.7 Å². The van der Waals surface area contributed by atoms with Crippen molar-refractivity contribution >= 4 is 27.6 Å². The van der Waals surface area contributed by atoms with E-state index in [1.165, 1.54) is 0 Å². The number of carboxylic acids is 1. The normalized spacial score (nSPS) is 11.9. The molecule has 5 heteroatoms. The Labute approximate surface area is 109 Å². The van der Waals surface area contributed by atoms with E-state index in [1.807, 2.05) is 19.1 Å². The molecule has 1 unspecified atom stereocenters. The average molecular weight is 302 g/mol. The topological polar surface area (TPSA) is 58.6 Å². The van der Waals surface area contributed by atoms with Crippen molar-refractivity contribution < 1.29 is 14.6 Å². The first-order chi connectivity index (χ1) is 8.08. The molecule has 0 amide bonds. The summed E-state index contributed by atoms with van der Waals surface area (Å²) in [5, 5.41) is 12.0. The van der Waals surface area contributed by atoms with Crippen molar-refractivity contribution in [1.29, 1.82) is 0 Å². The second-order valence-electron chi connectivity index (χ2n) is 3.67. The van der Waals surface area contributed by atoms with E-state index in [2.05, 4.69) is 21.2 Å². The number of nitrogens with one attached hydrogen (secondary N) is 1. The molecule has 0 aliphatic carbocycles. The molecule has 4 nitrogen and oxygen atoms in total. The molecule has 1 atom stereocenters. The number of anilines is 1. The predicted octanol–water partition coefficient (Wildman–Crippen LogP) is 3.12. The number of ether oxygens (including phenoxy) is 1. The fraction of sp³-hybridized carbons (Fsp3) is 0.417. The summed E-state index contributed by atoms with van der Waals surface area (Å²) >= 11 is 3.35. The second kappa shape index (κ2) is 6.49. The van der Waals surface area contributed by atoms with Crippen molar-refractivity contribution in [1.82, 2.24) is 0 Å². The number of aliphatic carboxylic acids is 1. The van der Waals surface area contributed by atoms with Gasteiger partial charge in [-0.05, 0) is 34.5 Å². The summed E-state index contributed by atoms with van der Waals surface area (Å²) in [5.41, 5.74) is 0.742. The zero-order chi connectivity index (χ0) is 12.8. The molecule has 0 aliphatic heterocycles. The Morgan fingerprint density at radius 3 is 2.82 bits per heavy atom. The lowest BCUT2D eigenvalue weighted by Gasteiger charge is -2.15. The van der Waals surface area contributed by atoms with Crippen LogP contribution in [-0.2, 0) is 4.79 Å². The largest absolute Gasteiger partial charge is 0.495 e. The third kappa shape index (κ3) is 3.93. The third-order valence-electron chi connectivity index (χ3n) is 2.37. The summed E-state index contributed by atoms with van der Waals surface area (Å²) in [6, 6.07) is 4.85. The molecule has 0 spiro atoms. The van der Waals surface area contributed by atoms with Crippen molar-refractivity contribution in [2.24, 2.45) is 0 Å². The molecule has 0 aromatic heterocycles. The number of carbonyl (C=O) groups is 1. The number of methoxy groups -OCH3 is 1. The fourth-order valence-corrected chi connectivity index (χ4v) is 1.91. The van der Waals surface area contributed by atoms with Gasteiger partial charge in [0.25, 0.3) is 0 Å². The summed E-state index contributed by atoms with van der Waals surface area (Å²) in [4.78, 5) is 11.0. The highest BCUT2D eigenvalue weighted by atomic mass is 79.9. The average Bonchev–Trinajstić information content (AvgIpc) is 2.30. The maximum Gasteiger partial charge on any atom is 0.326 e. The van der Waals surface area contributed by atoms with Gasteiger partial charge in [-0.15, -0.1) is 0 Å². The SMILES string of the molecule is CCCC(Nc1ccc(Br)c(OC)c1)C(=O)O. The lowest BCUT2D eigenvalue weighted by atomic mass is 10.1. The molecule has 1 rings (SSSR count). The molecule has 0 fully saturated rings. The van der Waals surface area contributed by atoms with Gasteiger partial charge in [-0.25, -0.2) is 4.79 Å². The van der Waals surface area contributed by atoms with Crippen molar-refractivity contribution in [3.63, 3.8) is 0 Å². The highest BCUT2D eigenvalue weighted by molar-refractivity contribution is 9.10. The van der Waals surface area contributed by atoms with Gasteiger partial charge in [0.1, 0.15) is 11.8 Å². The van der Waals surface area contributed by atoms with E-state index in [1.54, 1.807) is 13.2 Å². The Bertz CT molecular complexity index is 395. The summed E-state index contributed by atoms with van der Waals surface area (Å²) in [6.07, 6.45) is 1.41. The van der Waals surface area contributed by atoms with Crippen LogP contribution in [0.3, 0.4) is 0 Å². The zero-order valence-electron chi connectivity index (χ0n) is 9.87. The molecule has 0 saturated carbocycles. The Morgan fingerprint density at radius 1 is 1.59 bits per heavy atom. The van der Waals surface area contributed by atoms with E-state index in [9.17, 15) is 4.79 Å². The van der Waals surface area contributed by atoms with Gasteiger partial charge < -0.3 is 15.2 Å². The van der Waals surface area contributed by atoms with E-state index < -0.39 is 12.0 Å². The van der Waals surface area contributed by atoms with Gasteiger partial charge in [-0.3, -0.25) is 0 Å². The third-order valence-corrected chi connectivity index (χ3v) is 3.02. The maximum atomic E-state index is 11.0. The lowest BCUT2D eigenvalue weighted by molar-refractivity contribution is -0.138. The van der Waals surface area contributed by atoms with Gasteiger partial charge in [0.05, 0.1) is 11.6 Å². The van der Waals surface area contributed by atoms with Crippen LogP contribution in [-0.4, -0.2) is 24.2 Å². The molecule has 2 N–H and O–H groups in total. The quantitative estimate of drug-likeness (QED) is 0.847. The Kier molecular flexibility index (Phi) is 5.28. The van der Waals surface area contributed by atoms with Crippen LogP contribution in [0.25, 0.3) is 0 Å². The Morgan fingerprint density at radius 2 is 2.29 bits per heavy atom. The van der Waals surface area contributed by atoms with Crippen LogP contribution in [0, 0.1) is 0 Å². The summed E-state index contributed by atoms with van der Waals surface area (Å²) in [6.45, 7) is 1.96. The zero-order valence-corrected chi connectivity index (χ0v) is 11.5. The van der Waals surface area contributed by atoms with Crippen LogP contribution in [0.5, 0.6) is 5.75 Å². The molecule has 0 heterocycles. The van der Waals surface area contributed by atoms with Crippen LogP contribution in [0.2, 0.25) is 0 Å². The highest BCUT2D eigenvalue weighted by Gasteiger charge is 2.16. The molecule has 0 bridgehead atoms. The van der Waals surface area contributed by atoms with E-state index in [0.29, 0.717) is 12.2 Å². The number of hydrogen-bond donors (Lipinski definition) is 2. The van der Waals surface area contributed by atoms with E-state index in [0.717, 1.165) is 16.6 Å². The molecule has 0 aliphatic rings. The molecular weight excluding hydrogens is 286 g/mol. The van der Waals surface area contributed by atoms with Crippen LogP contribution in [0.4, 0.5) is 5.69 Å². The molecule has 1 aromatic rings. The van der Waals surface area contributed by atoms with Gasteiger partial charge in [0.15, 0.2) is 0 Å². The number of carboxylic acid groups (broad SMARTS) is 1. The van der Waals surface area contributed by atoms with Crippen LogP contribution >= 0.6 is 15.9 Å². The highest BCUT2D eigenvalue weighted by Crippen LogP contribution is 2.28. The van der Waals surface area contributed by atoms with E-state index >= 15 is 0 Å². The predicted molar refractivity (Wildman–Crippen MR) is 70.6 cm³/mol. The fourth-order valence-electron chi connectivity index (χ4n) is 1.50. The van der Waals surface area contributed by atoms with Crippen molar-refractivity contribution in [3.8, 4) is 5.75 Å². The van der Waals surface area contributed by atoms with Crippen LogP contribution in [0.1, 0.15) is 19.8 Å². The van der Waals surface area contributed by atoms with Gasteiger partial charge in [-0.2, -0.15) is 0 Å². The van der Waals surface area contributed by atoms with Crippen molar-refractivity contribution in [3.05, 3.63) is 22.7 Å². The molecule has 17 heavy (non-hydrogen) atoms. The number of hydrogen-bond acceptors (Lipinski definition) is 3. The smallest absolute Gasteiger partial charge is 0.326 e. The first-order valence-corrected chi connectivity index (χ1v) is 6.20. The van der Waals surface area contributed by atoms with Gasteiger partial charge in [0, 0.05) is 11.8 Å². The minimum absolute atomic E-state index is 0.564. The number of benzene rings is 1. The Hall–Kier alpha value is -1.23. The number of halogens is 1. The molecule has 94 valence electrons. The molecule has 0 saturated heterocycles. The minimum Gasteiger partial charge on any atom is -0.495 e.